The van der Waals surface area contributed by atoms with Crippen molar-refractivity contribution in [3.05, 3.63) is 113 Å². The number of rotatable bonds is 2. The number of oxazole rings is 1. The molecule has 0 saturated carbocycles. The molecule has 0 bridgehead atoms. The van der Waals surface area contributed by atoms with Crippen LogP contribution >= 0.6 is 0 Å². The van der Waals surface area contributed by atoms with Gasteiger partial charge in [-0.1, -0.05) is 44.7 Å². The van der Waals surface area contributed by atoms with Crippen molar-refractivity contribution in [1.82, 2.24) is 19.5 Å². The highest BCUT2D eigenvalue weighted by Crippen LogP contribution is 2.13. The largest absolute Gasteiger partial charge is 0.419 e. The molecule has 0 aliphatic carbocycles. The summed E-state index contributed by atoms with van der Waals surface area (Å²) < 4.78 is 6.39. The van der Waals surface area contributed by atoms with Gasteiger partial charge in [0.1, 0.15) is 0 Å². The molecule has 0 atom stereocenters. The van der Waals surface area contributed by atoms with Crippen LogP contribution in [0.15, 0.2) is 95.3 Å². The predicted molar refractivity (Wildman–Crippen MR) is 148 cm³/mol. The summed E-state index contributed by atoms with van der Waals surface area (Å²) in [7, 11) is 1.69. The first kappa shape index (κ1) is 26.3. The fourth-order valence-corrected chi connectivity index (χ4v) is 3.58. The minimum atomic E-state index is -0.314. The molecule has 0 radical (unpaired) electrons. The second kappa shape index (κ2) is 12.4. The van der Waals surface area contributed by atoms with Crippen LogP contribution < -0.4 is 16.2 Å². The second-order valence-corrected chi connectivity index (χ2v) is 8.65. The first-order valence-electron chi connectivity index (χ1n) is 11.8. The van der Waals surface area contributed by atoms with E-state index in [0.717, 1.165) is 16.6 Å². The number of pyridine rings is 3. The van der Waals surface area contributed by atoms with Crippen molar-refractivity contribution in [2.75, 3.05) is 0 Å². The molecular weight excluding hydrogens is 448 g/mol. The molecule has 0 aliphatic heterocycles. The van der Waals surface area contributed by atoms with Gasteiger partial charge in [0, 0.05) is 54.3 Å². The van der Waals surface area contributed by atoms with E-state index in [-0.39, 0.29) is 5.76 Å². The molecule has 4 heterocycles. The van der Waals surface area contributed by atoms with Gasteiger partial charge >= 0.3 is 5.76 Å². The first-order chi connectivity index (χ1) is 17.3. The second-order valence-electron chi connectivity index (χ2n) is 8.65. The Balaban J connectivity index is 0.000000152. The number of benzene rings is 1. The van der Waals surface area contributed by atoms with Crippen LogP contribution in [0.1, 0.15) is 26.5 Å². The summed E-state index contributed by atoms with van der Waals surface area (Å²) in [4.78, 5) is 23.3. The molecule has 36 heavy (non-hydrogen) atoms. The highest BCUT2D eigenvalue weighted by molar-refractivity contribution is 5.82. The fourth-order valence-electron chi connectivity index (χ4n) is 3.58. The van der Waals surface area contributed by atoms with Crippen LogP contribution in [0.4, 0.5) is 0 Å². The molecule has 6 nitrogen and oxygen atoms in total. The maximum atomic E-state index is 10.9. The molecule has 0 aliphatic rings. The van der Waals surface area contributed by atoms with Gasteiger partial charge in [-0.05, 0) is 66.3 Å². The zero-order chi connectivity index (χ0) is 26.1. The van der Waals surface area contributed by atoms with Crippen LogP contribution in [0.5, 0.6) is 0 Å². The van der Waals surface area contributed by atoms with Crippen LogP contribution in [0.3, 0.4) is 0 Å². The Labute approximate surface area is 211 Å². The van der Waals surface area contributed by atoms with Crippen LogP contribution in [-0.4, -0.2) is 19.5 Å². The van der Waals surface area contributed by atoms with E-state index in [1.54, 1.807) is 19.3 Å². The van der Waals surface area contributed by atoms with Gasteiger partial charge in [-0.2, -0.15) is 0 Å². The quantitative estimate of drug-likeness (QED) is 0.358. The Kier molecular flexibility index (Phi) is 9.06. The average molecular weight is 481 g/mol. The van der Waals surface area contributed by atoms with Crippen molar-refractivity contribution in [3.8, 4) is 0 Å². The number of aromatic nitrogens is 4. The van der Waals surface area contributed by atoms with Gasteiger partial charge in [0.2, 0.25) is 0 Å². The number of nitrogens with zero attached hydrogens (tertiary/aromatic N) is 4. The molecule has 4 aromatic heterocycles. The topological polar surface area (TPSA) is 73.8 Å². The minimum Gasteiger partial charge on any atom is -0.408 e. The lowest BCUT2D eigenvalue weighted by Crippen LogP contribution is -2.27. The van der Waals surface area contributed by atoms with Crippen molar-refractivity contribution in [2.24, 2.45) is 13.0 Å². The zero-order valence-electron chi connectivity index (χ0n) is 21.5. The number of hydrogen-bond donors (Lipinski definition) is 0. The third-order valence-corrected chi connectivity index (χ3v) is 5.56. The summed E-state index contributed by atoms with van der Waals surface area (Å²) in [6.45, 7) is 12.2. The van der Waals surface area contributed by atoms with Gasteiger partial charge in [-0.3, -0.25) is 19.5 Å². The SMILES string of the molecule is C=C/C(C)=c1/cncc/c1=C/C(C)C.Cc1nccc2ccncc12.Cn1c(=O)oc2ccccc21. The standard InChI is InChI=1S/C13H17N.C9H8N2.C8H7NO2/c1-5-11(4)13-9-14-7-6-12(13)8-10(2)3;1-7-9-6-10-4-2-8(9)3-5-11-7;1-9-6-4-2-3-5-7(6)11-8(9)10/h5-10H,1H2,2-4H3;2-6H,1H3;2-5H,1H3/b12-8-,13-11-;;. The molecule has 184 valence electrons. The molecule has 5 aromatic rings. The third-order valence-electron chi connectivity index (χ3n) is 5.56. The minimum absolute atomic E-state index is 0.314. The average Bonchev–Trinajstić information content (AvgIpc) is 3.18. The lowest BCUT2D eigenvalue weighted by Gasteiger charge is -1.97. The van der Waals surface area contributed by atoms with Gasteiger partial charge in [0.05, 0.1) is 5.52 Å². The van der Waals surface area contributed by atoms with E-state index < -0.39 is 0 Å². The Hall–Kier alpha value is -4.32. The van der Waals surface area contributed by atoms with E-state index in [1.807, 2.05) is 74.2 Å². The molecular formula is C30H32N4O2. The fraction of sp³-hybridized carbons (Fsp3) is 0.200. The normalized spacial score (nSPS) is 12.0. The lowest BCUT2D eigenvalue weighted by molar-refractivity contribution is 0.528. The maximum absolute atomic E-state index is 10.9. The van der Waals surface area contributed by atoms with Crippen molar-refractivity contribution in [2.45, 2.75) is 27.7 Å². The highest BCUT2D eigenvalue weighted by Gasteiger charge is 2.02. The van der Waals surface area contributed by atoms with Gasteiger partial charge in [-0.15, -0.1) is 0 Å². The molecule has 1 aromatic carbocycles. The Morgan fingerprint density at radius 1 is 1.03 bits per heavy atom. The van der Waals surface area contributed by atoms with E-state index >= 15 is 0 Å². The van der Waals surface area contributed by atoms with Crippen LogP contribution in [0, 0.1) is 12.8 Å². The summed E-state index contributed by atoms with van der Waals surface area (Å²) in [6.07, 6.45) is 13.3. The van der Waals surface area contributed by atoms with Crippen molar-refractivity contribution < 1.29 is 4.42 Å². The Morgan fingerprint density at radius 2 is 1.72 bits per heavy atom. The molecule has 6 heteroatoms. The highest BCUT2D eigenvalue weighted by atomic mass is 16.4. The third kappa shape index (κ3) is 6.63. The Morgan fingerprint density at radius 3 is 2.42 bits per heavy atom. The smallest absolute Gasteiger partial charge is 0.408 e. The molecule has 0 N–H and O–H groups in total. The van der Waals surface area contributed by atoms with E-state index in [2.05, 4.69) is 48.4 Å². The van der Waals surface area contributed by atoms with E-state index in [0.29, 0.717) is 11.5 Å². The van der Waals surface area contributed by atoms with E-state index in [1.165, 1.54) is 26.0 Å². The number of hydrogen-bond acceptors (Lipinski definition) is 5. The van der Waals surface area contributed by atoms with Gasteiger partial charge in [-0.25, -0.2) is 4.79 Å². The zero-order valence-corrected chi connectivity index (χ0v) is 21.5. The number of para-hydroxylation sites is 2. The van der Waals surface area contributed by atoms with Gasteiger partial charge in [0.25, 0.3) is 0 Å². The summed E-state index contributed by atoms with van der Waals surface area (Å²) in [6, 6.07) is 13.4. The maximum Gasteiger partial charge on any atom is 0.419 e. The van der Waals surface area contributed by atoms with Crippen LogP contribution in [-0.2, 0) is 7.05 Å². The molecule has 0 spiro atoms. The molecule has 0 fully saturated rings. The lowest BCUT2D eigenvalue weighted by atomic mass is 10.1. The molecule has 0 unspecified atom stereocenters. The summed E-state index contributed by atoms with van der Waals surface area (Å²) in [5.74, 6) is 0.236. The monoisotopic (exact) mass is 480 g/mol. The molecule has 5 rings (SSSR count). The van der Waals surface area contributed by atoms with Gasteiger partial charge in [0.15, 0.2) is 5.58 Å². The van der Waals surface area contributed by atoms with Crippen molar-refractivity contribution >= 4 is 33.5 Å². The van der Waals surface area contributed by atoms with Crippen LogP contribution in [0.25, 0.3) is 33.5 Å². The van der Waals surface area contributed by atoms with E-state index in [9.17, 15) is 4.79 Å². The summed E-state index contributed by atoms with van der Waals surface area (Å²) >= 11 is 0. The molecule has 0 saturated heterocycles. The number of allylic oxidation sites excluding steroid dienone is 1. The number of fused-ring (bicyclic) bond motifs is 2. The van der Waals surface area contributed by atoms with Crippen LogP contribution in [0.2, 0.25) is 0 Å². The predicted octanol–water partition coefficient (Wildman–Crippen LogP) is 4.94. The summed E-state index contributed by atoms with van der Waals surface area (Å²) in [5, 5.41) is 4.76. The molecule has 0 amide bonds. The van der Waals surface area contributed by atoms with Gasteiger partial charge < -0.3 is 4.42 Å². The first-order valence-corrected chi connectivity index (χ1v) is 11.8. The van der Waals surface area contributed by atoms with E-state index in [4.69, 9.17) is 4.42 Å². The van der Waals surface area contributed by atoms with Crippen molar-refractivity contribution in [3.63, 3.8) is 0 Å². The summed E-state index contributed by atoms with van der Waals surface area (Å²) in [5.41, 5.74) is 3.68. The van der Waals surface area contributed by atoms with Crippen molar-refractivity contribution in [1.29, 1.82) is 0 Å². The number of aryl methyl sites for hydroxylation is 2. The Bertz CT molecular complexity index is 1640.